The molecule has 34 heavy (non-hydrogen) atoms. The van der Waals surface area contributed by atoms with E-state index in [2.05, 4.69) is 35.4 Å². The third kappa shape index (κ3) is 5.29. The van der Waals surface area contributed by atoms with Crippen molar-refractivity contribution in [2.24, 2.45) is 11.3 Å². The minimum Gasteiger partial charge on any atom is -0.465 e. The fourth-order valence-electron chi connectivity index (χ4n) is 5.16. The Bertz CT molecular complexity index is 1190. The summed E-state index contributed by atoms with van der Waals surface area (Å²) >= 11 is 0. The lowest BCUT2D eigenvalue weighted by Crippen LogP contribution is -2.29. The van der Waals surface area contributed by atoms with Crippen molar-refractivity contribution in [3.8, 4) is 5.75 Å². The summed E-state index contributed by atoms with van der Waals surface area (Å²) in [7, 11) is 1.33. The number of rotatable bonds is 5. The number of ether oxygens (including phenoxy) is 2. The number of nitrogens with one attached hydrogen (secondary N) is 1. The van der Waals surface area contributed by atoms with Crippen LogP contribution in [0.25, 0.3) is 11.0 Å². The molecule has 1 aliphatic carbocycles. The van der Waals surface area contributed by atoms with Crippen LogP contribution in [0.3, 0.4) is 0 Å². The Balaban J connectivity index is 1.73. The number of hydrogen-bond acceptors (Lipinski definition) is 5. The van der Waals surface area contributed by atoms with Gasteiger partial charge in [0.1, 0.15) is 5.75 Å². The van der Waals surface area contributed by atoms with E-state index in [-0.39, 0.29) is 17.2 Å². The van der Waals surface area contributed by atoms with E-state index in [0.29, 0.717) is 28.6 Å². The summed E-state index contributed by atoms with van der Waals surface area (Å²) in [6.45, 7) is 6.77. The van der Waals surface area contributed by atoms with E-state index < -0.39 is 12.3 Å². The maximum atomic E-state index is 12.5. The molecule has 2 atom stereocenters. The van der Waals surface area contributed by atoms with Gasteiger partial charge in [-0.1, -0.05) is 20.8 Å². The molecule has 1 aromatic heterocycles. The van der Waals surface area contributed by atoms with E-state index in [1.165, 1.54) is 31.4 Å². The molecular formula is C25H28F3N3O3. The van der Waals surface area contributed by atoms with Crippen molar-refractivity contribution in [3.05, 3.63) is 48.0 Å². The van der Waals surface area contributed by atoms with E-state index in [1.54, 1.807) is 12.1 Å². The zero-order chi connectivity index (χ0) is 24.7. The van der Waals surface area contributed by atoms with Crippen molar-refractivity contribution in [3.63, 3.8) is 0 Å². The van der Waals surface area contributed by atoms with Crippen LogP contribution in [0.1, 0.15) is 56.4 Å². The van der Waals surface area contributed by atoms with E-state index in [4.69, 9.17) is 9.72 Å². The molecule has 1 saturated carbocycles. The van der Waals surface area contributed by atoms with Gasteiger partial charge < -0.3 is 19.4 Å². The average molecular weight is 476 g/mol. The number of imidazole rings is 1. The topological polar surface area (TPSA) is 65.4 Å². The first kappa shape index (κ1) is 23.9. The quantitative estimate of drug-likeness (QED) is 0.409. The number of fused-ring (bicyclic) bond motifs is 1. The number of nitrogens with zero attached hydrogens (tertiary/aromatic N) is 2. The highest BCUT2D eigenvalue weighted by atomic mass is 19.4. The van der Waals surface area contributed by atoms with Gasteiger partial charge in [-0.25, -0.2) is 9.78 Å². The molecule has 0 unspecified atom stereocenters. The van der Waals surface area contributed by atoms with Crippen LogP contribution in [0, 0.1) is 11.3 Å². The first-order valence-electron chi connectivity index (χ1n) is 11.2. The van der Waals surface area contributed by atoms with E-state index in [1.807, 2.05) is 6.07 Å². The van der Waals surface area contributed by atoms with Crippen LogP contribution >= 0.6 is 0 Å². The highest BCUT2D eigenvalue weighted by molar-refractivity contribution is 5.94. The van der Waals surface area contributed by atoms with Crippen LogP contribution in [0.4, 0.5) is 24.8 Å². The van der Waals surface area contributed by atoms with E-state index in [9.17, 15) is 18.0 Å². The average Bonchev–Trinajstić information content (AvgIpc) is 3.09. The van der Waals surface area contributed by atoms with Crippen molar-refractivity contribution in [1.82, 2.24) is 9.55 Å². The van der Waals surface area contributed by atoms with Gasteiger partial charge >= 0.3 is 12.3 Å². The molecule has 0 aliphatic heterocycles. The Labute approximate surface area is 196 Å². The molecule has 0 amide bonds. The number of halogens is 3. The van der Waals surface area contributed by atoms with Crippen molar-refractivity contribution >= 4 is 28.6 Å². The molecule has 9 heteroatoms. The molecule has 4 rings (SSSR count). The number of hydrogen-bond donors (Lipinski definition) is 1. The molecule has 2 aromatic carbocycles. The molecule has 1 heterocycles. The normalized spacial score (nSPS) is 20.2. The minimum atomic E-state index is -4.75. The Morgan fingerprint density at radius 2 is 1.85 bits per heavy atom. The number of esters is 1. The van der Waals surface area contributed by atoms with Gasteiger partial charge in [-0.3, -0.25) is 0 Å². The molecule has 6 nitrogen and oxygen atoms in total. The van der Waals surface area contributed by atoms with Gasteiger partial charge in [0.15, 0.2) is 0 Å². The monoisotopic (exact) mass is 475 g/mol. The summed E-state index contributed by atoms with van der Waals surface area (Å²) in [5.74, 6) is 0.347. The number of benzene rings is 2. The smallest absolute Gasteiger partial charge is 0.465 e. The maximum Gasteiger partial charge on any atom is 0.573 e. The number of alkyl halides is 3. The van der Waals surface area contributed by atoms with Crippen LogP contribution in [0.15, 0.2) is 42.5 Å². The van der Waals surface area contributed by atoms with Gasteiger partial charge in [-0.05, 0) is 73.1 Å². The van der Waals surface area contributed by atoms with Gasteiger partial charge in [0, 0.05) is 11.7 Å². The standard InChI is InChI=1S/C25H28F3N3O3/c1-15-11-18(14-24(2,3)13-15)31-21-10-5-16(22(32)33-4)12-20(21)30-23(31)29-17-6-8-19(9-7-17)34-25(26,27)28/h5-10,12,15,18H,11,13-14H2,1-4H3,(H,29,30)/t15-,18+/m1/s1. The summed E-state index contributed by atoms with van der Waals surface area (Å²) in [4.78, 5) is 16.8. The van der Waals surface area contributed by atoms with Gasteiger partial charge in [0.05, 0.1) is 23.7 Å². The molecule has 3 aromatic rings. The lowest BCUT2D eigenvalue weighted by atomic mass is 9.70. The van der Waals surface area contributed by atoms with Gasteiger partial charge in [0.25, 0.3) is 0 Å². The number of carbonyl (C=O) groups is 1. The van der Waals surface area contributed by atoms with Crippen molar-refractivity contribution in [1.29, 1.82) is 0 Å². The van der Waals surface area contributed by atoms with Crippen LogP contribution < -0.4 is 10.1 Å². The van der Waals surface area contributed by atoms with Gasteiger partial charge in [0.2, 0.25) is 5.95 Å². The van der Waals surface area contributed by atoms with Crippen LogP contribution in [-0.2, 0) is 4.74 Å². The second-order valence-corrected chi connectivity index (χ2v) is 9.76. The fourth-order valence-corrected chi connectivity index (χ4v) is 5.16. The second-order valence-electron chi connectivity index (χ2n) is 9.76. The number of carbonyl (C=O) groups excluding carboxylic acids is 1. The van der Waals surface area contributed by atoms with Gasteiger partial charge in [-0.15, -0.1) is 13.2 Å². The Kier molecular flexibility index (Phi) is 6.22. The predicted molar refractivity (Wildman–Crippen MR) is 123 cm³/mol. The largest absolute Gasteiger partial charge is 0.573 e. The number of methoxy groups -OCH3 is 1. The fraction of sp³-hybridized carbons (Fsp3) is 0.440. The summed E-state index contributed by atoms with van der Waals surface area (Å²) in [6, 6.07) is 11.0. The van der Waals surface area contributed by atoms with Crippen molar-refractivity contribution in [2.75, 3.05) is 12.4 Å². The predicted octanol–water partition coefficient (Wildman–Crippen LogP) is 6.85. The molecule has 0 saturated heterocycles. The van der Waals surface area contributed by atoms with Crippen molar-refractivity contribution in [2.45, 2.75) is 52.4 Å². The third-order valence-electron chi connectivity index (χ3n) is 6.18. The summed E-state index contributed by atoms with van der Waals surface area (Å²) in [5, 5.41) is 3.25. The first-order chi connectivity index (χ1) is 15.9. The van der Waals surface area contributed by atoms with E-state index in [0.717, 1.165) is 24.8 Å². The van der Waals surface area contributed by atoms with Crippen LogP contribution in [-0.4, -0.2) is 29.0 Å². The van der Waals surface area contributed by atoms with Gasteiger partial charge in [-0.2, -0.15) is 0 Å². The minimum absolute atomic E-state index is 0.152. The van der Waals surface area contributed by atoms with E-state index >= 15 is 0 Å². The molecule has 0 bridgehead atoms. The summed E-state index contributed by atoms with van der Waals surface area (Å²) < 4.78 is 48.4. The Morgan fingerprint density at radius 1 is 1.15 bits per heavy atom. The van der Waals surface area contributed by atoms with Crippen LogP contribution in [0.2, 0.25) is 0 Å². The molecule has 0 radical (unpaired) electrons. The SMILES string of the molecule is COC(=O)c1ccc2c(c1)nc(Nc1ccc(OC(F)(F)F)cc1)n2[C@H]1C[C@@H](C)CC(C)(C)C1. The van der Waals surface area contributed by atoms with Crippen molar-refractivity contribution < 1.29 is 27.4 Å². The zero-order valence-electron chi connectivity index (χ0n) is 19.6. The Morgan fingerprint density at radius 3 is 2.47 bits per heavy atom. The highest BCUT2D eigenvalue weighted by Gasteiger charge is 2.35. The third-order valence-corrected chi connectivity index (χ3v) is 6.18. The van der Waals surface area contributed by atoms with Crippen LogP contribution in [0.5, 0.6) is 5.75 Å². The number of aromatic nitrogens is 2. The molecule has 1 fully saturated rings. The molecule has 1 aliphatic rings. The zero-order valence-corrected chi connectivity index (χ0v) is 19.6. The second kappa shape index (κ2) is 8.85. The Hall–Kier alpha value is -3.23. The molecule has 182 valence electrons. The molecule has 0 spiro atoms. The lowest BCUT2D eigenvalue weighted by molar-refractivity contribution is -0.274. The maximum absolute atomic E-state index is 12.5. The summed E-state index contributed by atoms with van der Waals surface area (Å²) in [6.07, 6.45) is -1.69. The number of anilines is 2. The molecule has 1 N–H and O–H groups in total. The molecular weight excluding hydrogens is 447 g/mol. The lowest BCUT2D eigenvalue weighted by Gasteiger charge is -2.40. The summed E-state index contributed by atoms with van der Waals surface area (Å²) in [5.41, 5.74) is 2.64. The highest BCUT2D eigenvalue weighted by Crippen LogP contribution is 2.46. The first-order valence-corrected chi connectivity index (χ1v) is 11.2.